The first-order valence-corrected chi connectivity index (χ1v) is 13.8. The molecule has 6 N–H and O–H groups in total. The Balaban J connectivity index is 0.000000247. The van der Waals surface area contributed by atoms with Crippen LogP contribution in [0, 0.1) is 0 Å². The summed E-state index contributed by atoms with van der Waals surface area (Å²) in [6.45, 7) is 0. The van der Waals surface area contributed by atoms with E-state index in [2.05, 4.69) is 0 Å². The van der Waals surface area contributed by atoms with Gasteiger partial charge in [0.2, 0.25) is 24.1 Å². The second-order valence-corrected chi connectivity index (χ2v) is 10.1. The standard InChI is InChI=1S/3C7H9O3P/c3*8-7(11(9)10)6-4-2-1-3-5-6/h3*1-5,7-8,11H,(H,9,10). The minimum atomic E-state index is -2.86. The van der Waals surface area contributed by atoms with Crippen molar-refractivity contribution in [1.82, 2.24) is 0 Å². The van der Waals surface area contributed by atoms with Gasteiger partial charge in [-0.1, -0.05) is 91.0 Å². The van der Waals surface area contributed by atoms with Gasteiger partial charge in [-0.3, -0.25) is 13.7 Å². The van der Waals surface area contributed by atoms with Crippen molar-refractivity contribution in [1.29, 1.82) is 0 Å². The lowest BCUT2D eigenvalue weighted by molar-refractivity contribution is 0.243. The van der Waals surface area contributed by atoms with Gasteiger partial charge in [-0.25, -0.2) is 0 Å². The highest BCUT2D eigenvalue weighted by Gasteiger charge is 2.12. The lowest BCUT2D eigenvalue weighted by atomic mass is 10.2. The molecule has 180 valence electrons. The second kappa shape index (κ2) is 15.9. The van der Waals surface area contributed by atoms with Gasteiger partial charge < -0.3 is 30.0 Å². The van der Waals surface area contributed by atoms with Gasteiger partial charge in [0.15, 0.2) is 17.5 Å². The van der Waals surface area contributed by atoms with E-state index in [0.717, 1.165) is 0 Å². The molecule has 3 aromatic carbocycles. The summed E-state index contributed by atoms with van der Waals surface area (Å²) < 4.78 is 31.3. The zero-order valence-corrected chi connectivity index (χ0v) is 20.3. The Kier molecular flexibility index (Phi) is 14.0. The number of benzene rings is 3. The summed E-state index contributed by atoms with van der Waals surface area (Å²) in [5.74, 6) is -3.66. The van der Waals surface area contributed by atoms with Crippen LogP contribution >= 0.6 is 24.1 Å². The van der Waals surface area contributed by atoms with Crippen LogP contribution < -0.4 is 0 Å². The van der Waals surface area contributed by atoms with Crippen molar-refractivity contribution in [3.05, 3.63) is 108 Å². The van der Waals surface area contributed by atoms with Gasteiger partial charge in [-0.15, -0.1) is 0 Å². The number of hydrogen-bond donors (Lipinski definition) is 6. The lowest BCUT2D eigenvalue weighted by Gasteiger charge is -2.04. The average molecular weight is 516 g/mol. The maximum Gasteiger partial charge on any atom is 0.221 e. The van der Waals surface area contributed by atoms with Crippen molar-refractivity contribution in [3.8, 4) is 0 Å². The topological polar surface area (TPSA) is 173 Å². The molecule has 0 amide bonds. The number of hydrogen-bond acceptors (Lipinski definition) is 6. The van der Waals surface area contributed by atoms with E-state index in [9.17, 15) is 13.7 Å². The van der Waals surface area contributed by atoms with Crippen molar-refractivity contribution in [3.63, 3.8) is 0 Å². The van der Waals surface area contributed by atoms with Crippen LogP contribution in [0.2, 0.25) is 0 Å². The number of rotatable bonds is 6. The quantitative estimate of drug-likeness (QED) is 0.268. The van der Waals surface area contributed by atoms with Crippen LogP contribution in [0.3, 0.4) is 0 Å². The van der Waals surface area contributed by atoms with Gasteiger partial charge in [-0.05, 0) is 16.7 Å². The molecule has 33 heavy (non-hydrogen) atoms. The second-order valence-electron chi connectivity index (χ2n) is 6.45. The van der Waals surface area contributed by atoms with Crippen LogP contribution in [0.5, 0.6) is 0 Å². The zero-order valence-electron chi connectivity index (χ0n) is 17.3. The van der Waals surface area contributed by atoms with Crippen molar-refractivity contribution >= 4 is 24.1 Å². The predicted molar refractivity (Wildman–Crippen MR) is 128 cm³/mol. The van der Waals surface area contributed by atoms with Gasteiger partial charge in [0.25, 0.3) is 0 Å². The molecule has 0 aromatic heterocycles. The summed E-state index contributed by atoms with van der Waals surface area (Å²) >= 11 is 0. The minimum Gasteiger partial charge on any atom is -0.378 e. The molecule has 0 radical (unpaired) electrons. The van der Waals surface area contributed by atoms with Crippen LogP contribution in [-0.4, -0.2) is 30.0 Å². The maximum absolute atomic E-state index is 10.4. The Morgan fingerprint density at radius 3 is 0.758 bits per heavy atom. The molecule has 0 fully saturated rings. The Labute approximate surface area is 193 Å². The van der Waals surface area contributed by atoms with Crippen LogP contribution in [-0.2, 0) is 13.7 Å². The first-order chi connectivity index (χ1) is 15.6. The van der Waals surface area contributed by atoms with E-state index in [1.54, 1.807) is 91.0 Å². The predicted octanol–water partition coefficient (Wildman–Crippen LogP) is 3.43. The molecular formula is C21H27O9P3. The normalized spacial score (nSPS) is 15.8. The van der Waals surface area contributed by atoms with Crippen LogP contribution in [0.1, 0.15) is 34.2 Å². The Morgan fingerprint density at radius 1 is 0.424 bits per heavy atom. The molecule has 0 aliphatic carbocycles. The van der Waals surface area contributed by atoms with E-state index in [1.165, 1.54) is 0 Å². The summed E-state index contributed by atoms with van der Waals surface area (Å²) in [5.41, 5.74) is 1.46. The van der Waals surface area contributed by atoms with Crippen molar-refractivity contribution < 1.29 is 43.7 Å². The molecule has 0 spiro atoms. The molecule has 0 aliphatic rings. The third-order valence-electron chi connectivity index (χ3n) is 4.05. The zero-order chi connectivity index (χ0) is 24.8. The molecule has 0 saturated heterocycles. The van der Waals surface area contributed by atoms with Gasteiger partial charge >= 0.3 is 0 Å². The molecular weight excluding hydrogens is 489 g/mol. The Bertz CT molecular complexity index is 873. The first-order valence-electron chi connectivity index (χ1n) is 9.52. The summed E-state index contributed by atoms with van der Waals surface area (Å²) in [5, 5.41) is 27.2. The van der Waals surface area contributed by atoms with Gasteiger partial charge in [-0.2, -0.15) is 0 Å². The van der Waals surface area contributed by atoms with Crippen molar-refractivity contribution in [2.45, 2.75) is 17.5 Å². The molecule has 0 bridgehead atoms. The summed E-state index contributed by atoms with van der Waals surface area (Å²) in [7, 11) is -8.58. The van der Waals surface area contributed by atoms with Crippen molar-refractivity contribution in [2.24, 2.45) is 0 Å². The molecule has 0 saturated carbocycles. The Hall–Kier alpha value is -1.89. The molecule has 3 rings (SSSR count). The first kappa shape index (κ1) is 29.1. The highest BCUT2D eigenvalue weighted by Crippen LogP contribution is 2.35. The molecule has 0 heterocycles. The number of aliphatic hydroxyl groups is 3. The van der Waals surface area contributed by atoms with Crippen LogP contribution in [0.25, 0.3) is 0 Å². The monoisotopic (exact) mass is 516 g/mol. The largest absolute Gasteiger partial charge is 0.378 e. The molecule has 6 atom stereocenters. The summed E-state index contributed by atoms with van der Waals surface area (Å²) in [6.07, 6.45) is 0. The third kappa shape index (κ3) is 11.2. The summed E-state index contributed by atoms with van der Waals surface area (Å²) in [6, 6.07) is 25.3. The van der Waals surface area contributed by atoms with E-state index in [0.29, 0.717) is 16.7 Å². The third-order valence-corrected chi connectivity index (χ3v) is 6.45. The van der Waals surface area contributed by atoms with Crippen LogP contribution in [0.4, 0.5) is 0 Å². The highest BCUT2D eigenvalue weighted by atomic mass is 31.1. The molecule has 0 aliphatic heterocycles. The van der Waals surface area contributed by atoms with Crippen LogP contribution in [0.15, 0.2) is 91.0 Å². The molecule has 3 aromatic rings. The average Bonchev–Trinajstić information content (AvgIpc) is 2.84. The van der Waals surface area contributed by atoms with E-state index in [-0.39, 0.29) is 0 Å². The molecule has 6 unspecified atom stereocenters. The van der Waals surface area contributed by atoms with Crippen molar-refractivity contribution in [2.75, 3.05) is 0 Å². The number of aliphatic hydroxyl groups excluding tert-OH is 3. The SMILES string of the molecule is O=[PH](O)C(O)c1ccccc1.O=[PH](O)C(O)c1ccccc1.O=[PH](O)C(O)c1ccccc1. The van der Waals surface area contributed by atoms with Gasteiger partial charge in [0.1, 0.15) is 0 Å². The fourth-order valence-corrected chi connectivity index (χ4v) is 3.77. The van der Waals surface area contributed by atoms with Gasteiger partial charge in [0.05, 0.1) is 0 Å². The van der Waals surface area contributed by atoms with E-state index in [1.807, 2.05) is 0 Å². The fourth-order valence-electron chi connectivity index (χ4n) is 2.33. The van der Waals surface area contributed by atoms with E-state index < -0.39 is 41.6 Å². The lowest BCUT2D eigenvalue weighted by Crippen LogP contribution is -1.89. The van der Waals surface area contributed by atoms with E-state index >= 15 is 0 Å². The highest BCUT2D eigenvalue weighted by molar-refractivity contribution is 7.38. The Morgan fingerprint density at radius 2 is 0.606 bits per heavy atom. The fraction of sp³-hybridized carbons (Fsp3) is 0.143. The molecule has 9 nitrogen and oxygen atoms in total. The summed E-state index contributed by atoms with van der Waals surface area (Å²) in [4.78, 5) is 25.7. The van der Waals surface area contributed by atoms with Gasteiger partial charge in [0, 0.05) is 0 Å². The molecule has 12 heteroatoms. The van der Waals surface area contributed by atoms with E-state index in [4.69, 9.17) is 30.0 Å². The minimum absolute atomic E-state index is 0.485. The smallest absolute Gasteiger partial charge is 0.221 e. The maximum atomic E-state index is 10.4.